The highest BCUT2D eigenvalue weighted by atomic mass is 79.9. The summed E-state index contributed by atoms with van der Waals surface area (Å²) in [7, 11) is 0. The van der Waals surface area contributed by atoms with Crippen molar-refractivity contribution in [3.63, 3.8) is 0 Å². The van der Waals surface area contributed by atoms with Gasteiger partial charge in [-0.05, 0) is 52.7 Å². The average Bonchev–Trinajstić information content (AvgIpc) is 2.44. The van der Waals surface area contributed by atoms with Crippen molar-refractivity contribution in [2.24, 2.45) is 10.9 Å². The molecule has 6 heteroatoms. The maximum atomic E-state index is 13.4. The Morgan fingerprint density at radius 1 is 1.30 bits per heavy atom. The average molecular weight is 339 g/mol. The zero-order valence-corrected chi connectivity index (χ0v) is 12.2. The normalized spacial score (nSPS) is 11.4. The summed E-state index contributed by atoms with van der Waals surface area (Å²) < 4.78 is 19.6. The van der Waals surface area contributed by atoms with Crippen molar-refractivity contribution in [3.8, 4) is 11.5 Å². The van der Waals surface area contributed by atoms with Crippen LogP contribution in [0.1, 0.15) is 11.1 Å². The molecule has 0 radical (unpaired) electrons. The van der Waals surface area contributed by atoms with E-state index in [1.165, 1.54) is 6.07 Å². The van der Waals surface area contributed by atoms with Gasteiger partial charge < -0.3 is 15.7 Å². The van der Waals surface area contributed by atoms with Gasteiger partial charge in [-0.25, -0.2) is 4.39 Å². The summed E-state index contributed by atoms with van der Waals surface area (Å²) in [6.45, 7) is 1.68. The van der Waals surface area contributed by atoms with Crippen molar-refractivity contribution in [1.29, 1.82) is 0 Å². The van der Waals surface area contributed by atoms with E-state index in [1.807, 2.05) is 0 Å². The summed E-state index contributed by atoms with van der Waals surface area (Å²) in [6, 6.07) is 9.58. The van der Waals surface area contributed by atoms with Crippen molar-refractivity contribution in [1.82, 2.24) is 0 Å². The van der Waals surface area contributed by atoms with Crippen LogP contribution in [0.3, 0.4) is 0 Å². The van der Waals surface area contributed by atoms with Gasteiger partial charge in [-0.3, -0.25) is 0 Å². The number of halogens is 2. The molecule has 0 aromatic heterocycles. The predicted molar refractivity (Wildman–Crippen MR) is 77.9 cm³/mol. The molecule has 0 saturated carbocycles. The molecule has 0 unspecified atom stereocenters. The van der Waals surface area contributed by atoms with Gasteiger partial charge in [0.1, 0.15) is 17.3 Å². The maximum absolute atomic E-state index is 13.4. The summed E-state index contributed by atoms with van der Waals surface area (Å²) in [5, 5.41) is 11.5. The molecule has 0 fully saturated rings. The summed E-state index contributed by atoms with van der Waals surface area (Å²) in [5.74, 6) is 0.568. The van der Waals surface area contributed by atoms with Crippen molar-refractivity contribution < 1.29 is 14.3 Å². The Kier molecular flexibility index (Phi) is 4.24. The number of oxime groups is 1. The van der Waals surface area contributed by atoms with E-state index in [9.17, 15) is 4.39 Å². The number of benzene rings is 2. The maximum Gasteiger partial charge on any atom is 0.170 e. The SMILES string of the molecule is Cc1ccc(Oc2ccc(/C(N)=N/O)cc2Br)cc1F. The number of hydrogen-bond acceptors (Lipinski definition) is 3. The Balaban J connectivity index is 2.28. The largest absolute Gasteiger partial charge is 0.456 e. The van der Waals surface area contributed by atoms with Crippen molar-refractivity contribution >= 4 is 21.8 Å². The third-order valence-corrected chi connectivity index (χ3v) is 3.33. The molecule has 104 valence electrons. The smallest absolute Gasteiger partial charge is 0.170 e. The van der Waals surface area contributed by atoms with Crippen molar-refractivity contribution in [3.05, 3.63) is 57.8 Å². The molecular weight excluding hydrogens is 327 g/mol. The molecule has 0 aliphatic heterocycles. The van der Waals surface area contributed by atoms with Crippen LogP contribution < -0.4 is 10.5 Å². The van der Waals surface area contributed by atoms with Crippen molar-refractivity contribution in [2.45, 2.75) is 6.92 Å². The first-order valence-corrected chi connectivity index (χ1v) is 6.52. The van der Waals surface area contributed by atoms with E-state index in [-0.39, 0.29) is 11.7 Å². The van der Waals surface area contributed by atoms with Crippen LogP contribution in [0.15, 0.2) is 46.0 Å². The molecule has 0 atom stereocenters. The van der Waals surface area contributed by atoms with Gasteiger partial charge in [0.15, 0.2) is 5.84 Å². The minimum atomic E-state index is -0.327. The van der Waals surface area contributed by atoms with Crippen LogP contribution in [0.25, 0.3) is 0 Å². The van der Waals surface area contributed by atoms with E-state index in [4.69, 9.17) is 15.7 Å². The second-order valence-corrected chi connectivity index (χ2v) is 5.00. The van der Waals surface area contributed by atoms with Gasteiger partial charge in [0, 0.05) is 11.6 Å². The lowest BCUT2D eigenvalue weighted by atomic mass is 10.2. The fourth-order valence-corrected chi connectivity index (χ4v) is 2.02. The van der Waals surface area contributed by atoms with Gasteiger partial charge in [0.25, 0.3) is 0 Å². The number of amidine groups is 1. The minimum Gasteiger partial charge on any atom is -0.456 e. The first kappa shape index (κ1) is 14.3. The quantitative estimate of drug-likeness (QED) is 0.387. The zero-order chi connectivity index (χ0) is 14.7. The molecule has 0 heterocycles. The zero-order valence-electron chi connectivity index (χ0n) is 10.6. The Morgan fingerprint density at radius 3 is 2.65 bits per heavy atom. The molecule has 2 aromatic rings. The molecule has 0 spiro atoms. The number of aryl methyl sites for hydroxylation is 1. The minimum absolute atomic E-state index is 0.00127. The second kappa shape index (κ2) is 5.92. The van der Waals surface area contributed by atoms with Gasteiger partial charge in [-0.1, -0.05) is 11.2 Å². The number of rotatable bonds is 3. The van der Waals surface area contributed by atoms with Crippen LogP contribution in [0, 0.1) is 12.7 Å². The van der Waals surface area contributed by atoms with E-state index in [0.29, 0.717) is 27.1 Å². The third-order valence-electron chi connectivity index (χ3n) is 2.71. The highest BCUT2D eigenvalue weighted by molar-refractivity contribution is 9.10. The van der Waals surface area contributed by atoms with Crippen LogP contribution in [-0.2, 0) is 0 Å². The van der Waals surface area contributed by atoms with Crippen LogP contribution in [-0.4, -0.2) is 11.0 Å². The van der Waals surface area contributed by atoms with Crippen LogP contribution in [0.4, 0.5) is 4.39 Å². The lowest BCUT2D eigenvalue weighted by molar-refractivity contribution is 0.318. The van der Waals surface area contributed by atoms with E-state index in [0.717, 1.165) is 0 Å². The van der Waals surface area contributed by atoms with Gasteiger partial charge in [0.2, 0.25) is 0 Å². The summed E-state index contributed by atoms with van der Waals surface area (Å²) >= 11 is 3.32. The van der Waals surface area contributed by atoms with E-state index in [1.54, 1.807) is 37.3 Å². The molecule has 4 nitrogen and oxygen atoms in total. The topological polar surface area (TPSA) is 67.8 Å². The summed E-state index contributed by atoms with van der Waals surface area (Å²) in [4.78, 5) is 0. The monoisotopic (exact) mass is 338 g/mol. The Hall–Kier alpha value is -2.08. The van der Waals surface area contributed by atoms with E-state index < -0.39 is 0 Å². The fourth-order valence-electron chi connectivity index (χ4n) is 1.56. The summed E-state index contributed by atoms with van der Waals surface area (Å²) in [5.41, 5.74) is 6.59. The molecule has 0 bridgehead atoms. The number of ether oxygens (including phenoxy) is 1. The predicted octanol–water partition coefficient (Wildman–Crippen LogP) is 3.78. The lowest BCUT2D eigenvalue weighted by Crippen LogP contribution is -2.12. The molecule has 2 rings (SSSR count). The van der Waals surface area contributed by atoms with E-state index in [2.05, 4.69) is 21.1 Å². The number of hydrogen-bond donors (Lipinski definition) is 2. The molecule has 0 aliphatic carbocycles. The van der Waals surface area contributed by atoms with Crippen LogP contribution in [0.5, 0.6) is 11.5 Å². The first-order valence-electron chi connectivity index (χ1n) is 5.72. The molecule has 0 aliphatic rings. The third kappa shape index (κ3) is 3.08. The highest BCUT2D eigenvalue weighted by Gasteiger charge is 2.08. The lowest BCUT2D eigenvalue weighted by Gasteiger charge is -2.09. The van der Waals surface area contributed by atoms with Gasteiger partial charge in [-0.15, -0.1) is 0 Å². The first-order chi connectivity index (χ1) is 9.51. The van der Waals surface area contributed by atoms with E-state index >= 15 is 0 Å². The molecule has 0 saturated heterocycles. The Labute approximate surface area is 123 Å². The second-order valence-electron chi connectivity index (χ2n) is 4.14. The molecule has 3 N–H and O–H groups in total. The van der Waals surface area contributed by atoms with Gasteiger partial charge >= 0.3 is 0 Å². The standard InChI is InChI=1S/C14H12BrFN2O2/c1-8-2-4-10(7-12(8)16)20-13-5-3-9(6-11(13)15)14(17)18-19/h2-7,19H,1H3,(H2,17,18). The molecular formula is C14H12BrFN2O2. The molecule has 0 amide bonds. The fraction of sp³-hybridized carbons (Fsp3) is 0.0714. The van der Waals surface area contributed by atoms with Crippen molar-refractivity contribution in [2.75, 3.05) is 0 Å². The Bertz CT molecular complexity index is 674. The number of nitrogens with two attached hydrogens (primary N) is 1. The van der Waals surface area contributed by atoms with Gasteiger partial charge in [-0.2, -0.15) is 0 Å². The highest BCUT2D eigenvalue weighted by Crippen LogP contribution is 2.31. The Morgan fingerprint density at radius 2 is 2.05 bits per heavy atom. The number of nitrogens with zero attached hydrogens (tertiary/aromatic N) is 1. The summed E-state index contributed by atoms with van der Waals surface area (Å²) in [6.07, 6.45) is 0. The van der Waals surface area contributed by atoms with Crippen LogP contribution in [0.2, 0.25) is 0 Å². The van der Waals surface area contributed by atoms with Crippen LogP contribution >= 0.6 is 15.9 Å². The van der Waals surface area contributed by atoms with Gasteiger partial charge in [0.05, 0.1) is 4.47 Å². The molecule has 20 heavy (non-hydrogen) atoms. The molecule has 2 aromatic carbocycles.